The predicted octanol–water partition coefficient (Wildman–Crippen LogP) is 0.257. The molecule has 1 unspecified atom stereocenters. The van der Waals surface area contributed by atoms with E-state index in [9.17, 15) is 14.7 Å². The van der Waals surface area contributed by atoms with Gasteiger partial charge in [0.05, 0.1) is 25.6 Å². The molecule has 0 bridgehead atoms. The van der Waals surface area contributed by atoms with E-state index < -0.39 is 17.6 Å². The molecular weight excluding hydrogens is 240 g/mol. The fraction of sp³-hybridized carbons (Fsp3) is 0.455. The van der Waals surface area contributed by atoms with Crippen LogP contribution in [0.3, 0.4) is 0 Å². The first kappa shape index (κ1) is 14.0. The summed E-state index contributed by atoms with van der Waals surface area (Å²) in [6.45, 7) is 1.08. The van der Waals surface area contributed by atoms with Gasteiger partial charge in [0, 0.05) is 12.6 Å². The lowest BCUT2D eigenvalue weighted by molar-refractivity contribution is -0.155. The number of carboxylic acid groups (broad SMARTS) is 1. The molecule has 100 valence electrons. The Bertz CT molecular complexity index is 413. The smallest absolute Gasteiger partial charge is 0.337 e. The van der Waals surface area contributed by atoms with Crippen molar-refractivity contribution in [2.75, 3.05) is 13.6 Å². The number of carbonyl (C=O) groups is 2. The topological polar surface area (TPSA) is 103 Å². The number of aliphatic hydroxyl groups is 1. The van der Waals surface area contributed by atoms with Gasteiger partial charge in [0.1, 0.15) is 0 Å². The number of rotatable bonds is 5. The second kappa shape index (κ2) is 5.54. The zero-order valence-corrected chi connectivity index (χ0v) is 10.2. The fourth-order valence-electron chi connectivity index (χ4n) is 1.19. The lowest BCUT2D eigenvalue weighted by Gasteiger charge is -2.22. The molecule has 1 aromatic rings. The normalized spacial score (nSPS) is 13.7. The predicted molar refractivity (Wildman–Crippen MR) is 61.8 cm³/mol. The van der Waals surface area contributed by atoms with Crippen LogP contribution in [-0.4, -0.2) is 46.3 Å². The van der Waals surface area contributed by atoms with Gasteiger partial charge in [0.2, 0.25) is 0 Å². The summed E-state index contributed by atoms with van der Waals surface area (Å²) in [6, 6.07) is 1.25. The van der Waals surface area contributed by atoms with Gasteiger partial charge in [-0.2, -0.15) is 0 Å². The molecule has 0 aliphatic heterocycles. The lowest BCUT2D eigenvalue weighted by atomic mass is 10.1. The molecule has 7 heteroatoms. The van der Waals surface area contributed by atoms with E-state index in [0.717, 1.165) is 12.5 Å². The SMILES string of the molecule is CN(Cc1ccoc1)C(=O)NCC(C)(O)C(=O)O. The van der Waals surface area contributed by atoms with Crippen molar-refractivity contribution >= 4 is 12.0 Å². The number of urea groups is 1. The standard InChI is InChI=1S/C11H16N2O5/c1-11(17,9(14)15)7-12-10(16)13(2)5-8-3-4-18-6-8/h3-4,6,17H,5,7H2,1-2H3,(H,12,16)(H,14,15). The van der Waals surface area contributed by atoms with Gasteiger partial charge in [-0.15, -0.1) is 0 Å². The first-order valence-electron chi connectivity index (χ1n) is 5.29. The number of carbonyl (C=O) groups excluding carboxylic acids is 1. The summed E-state index contributed by atoms with van der Waals surface area (Å²) in [7, 11) is 1.55. The summed E-state index contributed by atoms with van der Waals surface area (Å²) in [5, 5.41) is 20.4. The van der Waals surface area contributed by atoms with E-state index in [0.29, 0.717) is 6.54 Å². The maximum Gasteiger partial charge on any atom is 0.337 e. The molecular formula is C11H16N2O5. The van der Waals surface area contributed by atoms with E-state index in [-0.39, 0.29) is 6.54 Å². The Morgan fingerprint density at radius 2 is 2.22 bits per heavy atom. The van der Waals surface area contributed by atoms with Crippen LogP contribution in [0.5, 0.6) is 0 Å². The average molecular weight is 256 g/mol. The molecule has 1 heterocycles. The molecule has 2 amide bonds. The Morgan fingerprint density at radius 3 is 2.72 bits per heavy atom. The molecule has 7 nitrogen and oxygen atoms in total. The monoisotopic (exact) mass is 256 g/mol. The minimum Gasteiger partial charge on any atom is -0.479 e. The fourth-order valence-corrected chi connectivity index (χ4v) is 1.19. The van der Waals surface area contributed by atoms with Crippen molar-refractivity contribution in [3.05, 3.63) is 24.2 Å². The van der Waals surface area contributed by atoms with Crippen LogP contribution in [0, 0.1) is 0 Å². The van der Waals surface area contributed by atoms with Gasteiger partial charge >= 0.3 is 12.0 Å². The number of aliphatic carboxylic acids is 1. The molecule has 0 saturated carbocycles. The van der Waals surface area contributed by atoms with Gasteiger partial charge in [0.15, 0.2) is 5.60 Å². The van der Waals surface area contributed by atoms with Crippen LogP contribution in [0.1, 0.15) is 12.5 Å². The molecule has 0 aliphatic rings. The van der Waals surface area contributed by atoms with Crippen LogP contribution in [0.4, 0.5) is 4.79 Å². The van der Waals surface area contributed by atoms with Gasteiger partial charge in [0.25, 0.3) is 0 Å². The second-order valence-electron chi connectivity index (χ2n) is 4.23. The molecule has 1 atom stereocenters. The first-order valence-corrected chi connectivity index (χ1v) is 5.29. The number of hydrogen-bond acceptors (Lipinski definition) is 4. The van der Waals surface area contributed by atoms with Crippen molar-refractivity contribution in [1.29, 1.82) is 0 Å². The molecule has 0 aliphatic carbocycles. The summed E-state index contributed by atoms with van der Waals surface area (Å²) in [5.74, 6) is -1.39. The summed E-state index contributed by atoms with van der Waals surface area (Å²) >= 11 is 0. The summed E-state index contributed by atoms with van der Waals surface area (Å²) in [4.78, 5) is 23.6. The maximum atomic E-state index is 11.6. The van der Waals surface area contributed by atoms with E-state index in [1.807, 2.05) is 0 Å². The van der Waals surface area contributed by atoms with Crippen LogP contribution < -0.4 is 5.32 Å². The van der Waals surface area contributed by atoms with Crippen molar-refractivity contribution < 1.29 is 24.2 Å². The highest BCUT2D eigenvalue weighted by atomic mass is 16.4. The molecule has 0 saturated heterocycles. The number of furan rings is 1. The van der Waals surface area contributed by atoms with Crippen molar-refractivity contribution in [2.45, 2.75) is 19.1 Å². The van der Waals surface area contributed by atoms with Crippen molar-refractivity contribution in [1.82, 2.24) is 10.2 Å². The highest BCUT2D eigenvalue weighted by Crippen LogP contribution is 2.05. The van der Waals surface area contributed by atoms with Gasteiger partial charge in [-0.3, -0.25) is 0 Å². The summed E-state index contributed by atoms with van der Waals surface area (Å²) in [5.41, 5.74) is -1.16. The minimum atomic E-state index is -1.98. The van der Waals surface area contributed by atoms with Gasteiger partial charge in [-0.25, -0.2) is 9.59 Å². The highest BCUT2D eigenvalue weighted by Gasteiger charge is 2.30. The van der Waals surface area contributed by atoms with Gasteiger partial charge < -0.3 is 24.8 Å². The third-order valence-corrected chi connectivity index (χ3v) is 2.39. The van der Waals surface area contributed by atoms with Crippen LogP contribution >= 0.6 is 0 Å². The molecule has 0 aromatic carbocycles. The molecule has 18 heavy (non-hydrogen) atoms. The minimum absolute atomic E-state index is 0.331. The van der Waals surface area contributed by atoms with E-state index in [1.54, 1.807) is 13.1 Å². The number of nitrogens with one attached hydrogen (secondary N) is 1. The van der Waals surface area contributed by atoms with E-state index >= 15 is 0 Å². The van der Waals surface area contributed by atoms with Crippen LogP contribution in [-0.2, 0) is 11.3 Å². The highest BCUT2D eigenvalue weighted by molar-refractivity contribution is 5.79. The Kier molecular flexibility index (Phi) is 4.33. The van der Waals surface area contributed by atoms with Gasteiger partial charge in [-0.05, 0) is 13.0 Å². The molecule has 0 radical (unpaired) electrons. The van der Waals surface area contributed by atoms with Crippen LogP contribution in [0.2, 0.25) is 0 Å². The zero-order valence-electron chi connectivity index (χ0n) is 10.2. The van der Waals surface area contributed by atoms with E-state index in [4.69, 9.17) is 9.52 Å². The largest absolute Gasteiger partial charge is 0.479 e. The number of amides is 2. The first-order chi connectivity index (χ1) is 8.33. The Morgan fingerprint density at radius 1 is 1.56 bits per heavy atom. The number of hydrogen-bond donors (Lipinski definition) is 3. The quantitative estimate of drug-likeness (QED) is 0.701. The van der Waals surface area contributed by atoms with Crippen molar-refractivity contribution in [3.63, 3.8) is 0 Å². The summed E-state index contributed by atoms with van der Waals surface area (Å²) in [6.07, 6.45) is 3.01. The van der Waals surface area contributed by atoms with Crippen LogP contribution in [0.15, 0.2) is 23.0 Å². The van der Waals surface area contributed by atoms with Crippen molar-refractivity contribution in [2.24, 2.45) is 0 Å². The average Bonchev–Trinajstić information content (AvgIpc) is 2.78. The molecule has 0 spiro atoms. The molecule has 3 N–H and O–H groups in total. The van der Waals surface area contributed by atoms with Crippen molar-refractivity contribution in [3.8, 4) is 0 Å². The third kappa shape index (κ3) is 3.77. The number of carboxylic acids is 1. The van der Waals surface area contributed by atoms with Gasteiger partial charge in [-0.1, -0.05) is 0 Å². The zero-order chi connectivity index (χ0) is 13.8. The Balaban J connectivity index is 2.43. The number of nitrogens with zero attached hydrogens (tertiary/aromatic N) is 1. The Hall–Kier alpha value is -2.02. The van der Waals surface area contributed by atoms with E-state index in [2.05, 4.69) is 5.32 Å². The van der Waals surface area contributed by atoms with Crippen LogP contribution in [0.25, 0.3) is 0 Å². The lowest BCUT2D eigenvalue weighted by Crippen LogP contribution is -2.49. The summed E-state index contributed by atoms with van der Waals surface area (Å²) < 4.78 is 4.86. The second-order valence-corrected chi connectivity index (χ2v) is 4.23. The molecule has 0 fully saturated rings. The molecule has 1 rings (SSSR count). The Labute approximate surface area is 104 Å². The molecule has 1 aromatic heterocycles. The third-order valence-electron chi connectivity index (χ3n) is 2.39. The maximum absolute atomic E-state index is 11.6. The van der Waals surface area contributed by atoms with E-state index in [1.165, 1.54) is 17.4 Å².